The van der Waals surface area contributed by atoms with Crippen LogP contribution < -0.4 is 4.72 Å². The number of aromatic nitrogens is 3. The standard InChI is InChI=1S/C21H30N4O2S/c1-2-3-4-5-16-6-11-19(12-7-16)28(26,27)24-18-10-13-20-22-23-21(17-8-9-17)25(20)15-14-18/h6-7,11-12,17-18,24H,2-5,8-10,13-15H2,1H3. The molecule has 0 spiro atoms. The number of hydrogen-bond acceptors (Lipinski definition) is 4. The third-order valence-electron chi connectivity index (χ3n) is 5.84. The summed E-state index contributed by atoms with van der Waals surface area (Å²) in [7, 11) is -3.50. The van der Waals surface area contributed by atoms with Crippen molar-refractivity contribution in [2.75, 3.05) is 0 Å². The summed E-state index contributed by atoms with van der Waals surface area (Å²) in [4.78, 5) is 0.356. The van der Waals surface area contributed by atoms with Crippen LogP contribution in [0.4, 0.5) is 0 Å². The quantitative estimate of drug-likeness (QED) is 0.685. The highest BCUT2D eigenvalue weighted by atomic mass is 32.2. The van der Waals surface area contributed by atoms with E-state index in [0.717, 1.165) is 50.3 Å². The Balaban J connectivity index is 1.38. The van der Waals surface area contributed by atoms with Crippen LogP contribution in [0.25, 0.3) is 0 Å². The van der Waals surface area contributed by atoms with E-state index in [9.17, 15) is 8.42 Å². The SMILES string of the molecule is CCCCCc1ccc(S(=O)(=O)NC2CCc3nnc(C4CC4)n3CC2)cc1. The molecule has 1 saturated carbocycles. The van der Waals surface area contributed by atoms with Gasteiger partial charge in [0, 0.05) is 24.9 Å². The second-order valence-electron chi connectivity index (χ2n) is 8.15. The van der Waals surface area contributed by atoms with Crippen molar-refractivity contribution in [1.29, 1.82) is 0 Å². The van der Waals surface area contributed by atoms with Gasteiger partial charge in [-0.15, -0.1) is 10.2 Å². The maximum atomic E-state index is 12.8. The number of nitrogens with zero attached hydrogens (tertiary/aromatic N) is 3. The van der Waals surface area contributed by atoms with Crippen LogP contribution in [0.2, 0.25) is 0 Å². The maximum absolute atomic E-state index is 12.8. The fourth-order valence-corrected chi connectivity index (χ4v) is 5.28. The summed E-state index contributed by atoms with van der Waals surface area (Å²) >= 11 is 0. The van der Waals surface area contributed by atoms with E-state index in [2.05, 4.69) is 26.4 Å². The molecule has 1 fully saturated rings. The molecule has 7 heteroatoms. The van der Waals surface area contributed by atoms with Crippen molar-refractivity contribution < 1.29 is 8.42 Å². The van der Waals surface area contributed by atoms with Crippen molar-refractivity contribution in [3.63, 3.8) is 0 Å². The molecule has 0 bridgehead atoms. The van der Waals surface area contributed by atoms with Gasteiger partial charge < -0.3 is 4.57 Å². The summed E-state index contributed by atoms with van der Waals surface area (Å²) in [5.74, 6) is 2.66. The third kappa shape index (κ3) is 4.46. The lowest BCUT2D eigenvalue weighted by Gasteiger charge is -2.16. The second kappa shape index (κ2) is 8.33. The molecule has 1 aromatic carbocycles. The van der Waals surface area contributed by atoms with Gasteiger partial charge in [0.1, 0.15) is 11.6 Å². The van der Waals surface area contributed by atoms with Gasteiger partial charge in [0.15, 0.2) is 0 Å². The predicted octanol–water partition coefficient (Wildman–Crippen LogP) is 3.57. The first-order valence-corrected chi connectivity index (χ1v) is 12.1. The van der Waals surface area contributed by atoms with Gasteiger partial charge in [0.25, 0.3) is 0 Å². The van der Waals surface area contributed by atoms with Crippen molar-refractivity contribution in [1.82, 2.24) is 19.5 Å². The molecular weight excluding hydrogens is 372 g/mol. The second-order valence-corrected chi connectivity index (χ2v) is 9.86. The number of sulfonamides is 1. The van der Waals surface area contributed by atoms with Gasteiger partial charge in [0.05, 0.1) is 4.90 Å². The molecule has 6 nitrogen and oxygen atoms in total. The topological polar surface area (TPSA) is 76.9 Å². The Morgan fingerprint density at radius 3 is 2.57 bits per heavy atom. The fraction of sp³-hybridized carbons (Fsp3) is 0.619. The van der Waals surface area contributed by atoms with Crippen LogP contribution in [0.15, 0.2) is 29.2 Å². The number of hydrogen-bond donors (Lipinski definition) is 1. The number of aryl methyl sites for hydroxylation is 2. The van der Waals surface area contributed by atoms with Gasteiger partial charge in [-0.1, -0.05) is 31.9 Å². The first-order valence-electron chi connectivity index (χ1n) is 10.6. The van der Waals surface area contributed by atoms with E-state index in [4.69, 9.17) is 0 Å². The van der Waals surface area contributed by atoms with Crippen LogP contribution in [0.1, 0.15) is 75.0 Å². The Morgan fingerprint density at radius 2 is 1.86 bits per heavy atom. The van der Waals surface area contributed by atoms with Crippen LogP contribution >= 0.6 is 0 Å². The van der Waals surface area contributed by atoms with Gasteiger partial charge in [0.2, 0.25) is 10.0 Å². The molecule has 4 rings (SSSR count). The molecule has 1 atom stereocenters. The molecular formula is C21H30N4O2S. The van der Waals surface area contributed by atoms with Crippen LogP contribution in [-0.2, 0) is 29.4 Å². The van der Waals surface area contributed by atoms with E-state index in [1.54, 1.807) is 12.1 Å². The Labute approximate surface area is 167 Å². The zero-order chi connectivity index (χ0) is 19.6. The molecule has 1 N–H and O–H groups in total. The van der Waals surface area contributed by atoms with Gasteiger partial charge in [-0.25, -0.2) is 13.1 Å². The first kappa shape index (κ1) is 19.6. The largest absolute Gasteiger partial charge is 0.315 e. The molecule has 1 aliphatic heterocycles. The summed E-state index contributed by atoms with van der Waals surface area (Å²) in [6.07, 6.45) is 9.25. The van der Waals surface area contributed by atoms with Crippen molar-refractivity contribution in [2.45, 2.75) is 88.1 Å². The van der Waals surface area contributed by atoms with E-state index in [0.29, 0.717) is 10.8 Å². The molecule has 2 heterocycles. The van der Waals surface area contributed by atoms with Crippen molar-refractivity contribution in [3.8, 4) is 0 Å². The molecule has 28 heavy (non-hydrogen) atoms. The highest BCUT2D eigenvalue weighted by molar-refractivity contribution is 7.89. The Bertz CT molecular complexity index is 901. The lowest BCUT2D eigenvalue weighted by molar-refractivity contribution is 0.492. The Hall–Kier alpha value is -1.73. The summed E-state index contributed by atoms with van der Waals surface area (Å²) in [6.45, 7) is 2.98. The van der Waals surface area contributed by atoms with Crippen LogP contribution in [0.5, 0.6) is 0 Å². The van der Waals surface area contributed by atoms with E-state index >= 15 is 0 Å². The normalized spacial score (nSPS) is 20.0. The average Bonchev–Trinajstić information content (AvgIpc) is 3.48. The molecule has 152 valence electrons. The van der Waals surface area contributed by atoms with E-state index in [1.165, 1.54) is 31.2 Å². The monoisotopic (exact) mass is 402 g/mol. The van der Waals surface area contributed by atoms with E-state index in [-0.39, 0.29) is 6.04 Å². The lowest BCUT2D eigenvalue weighted by Crippen LogP contribution is -2.35. The number of fused-ring (bicyclic) bond motifs is 1. The molecule has 1 unspecified atom stereocenters. The van der Waals surface area contributed by atoms with E-state index < -0.39 is 10.0 Å². The minimum absolute atomic E-state index is 0.0667. The average molecular weight is 403 g/mol. The highest BCUT2D eigenvalue weighted by Gasteiger charge is 2.32. The minimum Gasteiger partial charge on any atom is -0.315 e. The number of unbranched alkanes of at least 4 members (excludes halogenated alkanes) is 2. The van der Waals surface area contributed by atoms with Gasteiger partial charge in [-0.2, -0.15) is 0 Å². The lowest BCUT2D eigenvalue weighted by atomic mass is 10.1. The van der Waals surface area contributed by atoms with Crippen molar-refractivity contribution >= 4 is 10.0 Å². The van der Waals surface area contributed by atoms with E-state index in [1.807, 2.05) is 12.1 Å². The zero-order valence-corrected chi connectivity index (χ0v) is 17.4. The molecule has 0 amide bonds. The smallest absolute Gasteiger partial charge is 0.240 e. The highest BCUT2D eigenvalue weighted by Crippen LogP contribution is 2.39. The number of nitrogens with one attached hydrogen (secondary N) is 1. The molecule has 2 aliphatic rings. The summed E-state index contributed by atoms with van der Waals surface area (Å²) in [5.41, 5.74) is 1.20. The van der Waals surface area contributed by atoms with Crippen LogP contribution in [0.3, 0.4) is 0 Å². The van der Waals surface area contributed by atoms with Gasteiger partial charge >= 0.3 is 0 Å². The molecule has 0 saturated heterocycles. The zero-order valence-electron chi connectivity index (χ0n) is 16.6. The fourth-order valence-electron chi connectivity index (χ4n) is 3.97. The predicted molar refractivity (Wildman–Crippen MR) is 109 cm³/mol. The summed E-state index contributed by atoms with van der Waals surface area (Å²) in [5, 5.41) is 8.70. The molecule has 0 radical (unpaired) electrons. The molecule has 1 aromatic heterocycles. The molecule has 2 aromatic rings. The van der Waals surface area contributed by atoms with Crippen molar-refractivity contribution in [3.05, 3.63) is 41.5 Å². The Morgan fingerprint density at radius 1 is 1.07 bits per heavy atom. The minimum atomic E-state index is -3.50. The van der Waals surface area contributed by atoms with Crippen LogP contribution in [-0.4, -0.2) is 29.2 Å². The number of rotatable bonds is 8. The third-order valence-corrected chi connectivity index (χ3v) is 7.38. The maximum Gasteiger partial charge on any atom is 0.240 e. The first-order chi connectivity index (χ1) is 13.6. The van der Waals surface area contributed by atoms with Crippen LogP contribution in [0, 0.1) is 0 Å². The molecule has 1 aliphatic carbocycles. The van der Waals surface area contributed by atoms with Crippen molar-refractivity contribution in [2.24, 2.45) is 0 Å². The van der Waals surface area contributed by atoms with Gasteiger partial charge in [-0.05, 0) is 56.2 Å². The van der Waals surface area contributed by atoms with Gasteiger partial charge in [-0.3, -0.25) is 0 Å². The number of benzene rings is 1. The summed E-state index contributed by atoms with van der Waals surface area (Å²) < 4.78 is 30.8. The Kier molecular flexibility index (Phi) is 5.83. The summed E-state index contributed by atoms with van der Waals surface area (Å²) in [6, 6.07) is 7.30.